The lowest BCUT2D eigenvalue weighted by atomic mass is 10.2. The Balaban J connectivity index is 1.52. The van der Waals surface area contributed by atoms with E-state index in [2.05, 4.69) is 15.2 Å². The van der Waals surface area contributed by atoms with Crippen molar-refractivity contribution in [3.63, 3.8) is 0 Å². The summed E-state index contributed by atoms with van der Waals surface area (Å²) in [5.74, 6) is 0.620. The number of amides is 2. The van der Waals surface area contributed by atoms with E-state index in [4.69, 9.17) is 4.74 Å². The fraction of sp³-hybridized carbons (Fsp3) is 0.368. The second kappa shape index (κ2) is 8.62. The second-order valence-electron chi connectivity index (χ2n) is 6.26. The number of aromatic nitrogens is 1. The number of ether oxygens (including phenoxy) is 1. The highest BCUT2D eigenvalue weighted by molar-refractivity contribution is 5.73. The molecule has 1 aliphatic rings. The Kier molecular flexibility index (Phi) is 6.01. The van der Waals surface area contributed by atoms with Gasteiger partial charge in [0.25, 0.3) is 0 Å². The van der Waals surface area contributed by atoms with Crippen LogP contribution in [0.2, 0.25) is 0 Å². The van der Waals surface area contributed by atoms with Gasteiger partial charge < -0.3 is 19.9 Å². The molecule has 0 saturated carbocycles. The molecule has 0 radical (unpaired) electrons. The number of hydrogen-bond acceptors (Lipinski definition) is 4. The Morgan fingerprint density at radius 1 is 1.23 bits per heavy atom. The number of anilines is 1. The molecule has 1 fully saturated rings. The number of hydrogen-bond donors (Lipinski definition) is 1. The van der Waals surface area contributed by atoms with Crippen LogP contribution in [-0.4, -0.2) is 49.3 Å². The highest BCUT2D eigenvalue weighted by atomic mass is 19.1. The monoisotopic (exact) mass is 358 g/mol. The maximum Gasteiger partial charge on any atom is 0.317 e. The molecule has 1 aliphatic heterocycles. The smallest absolute Gasteiger partial charge is 0.317 e. The molecule has 26 heavy (non-hydrogen) atoms. The van der Waals surface area contributed by atoms with Crippen LogP contribution in [0.25, 0.3) is 0 Å². The van der Waals surface area contributed by atoms with Gasteiger partial charge in [-0.05, 0) is 35.4 Å². The third-order valence-corrected chi connectivity index (χ3v) is 4.27. The van der Waals surface area contributed by atoms with E-state index < -0.39 is 0 Å². The molecule has 1 aromatic heterocycles. The van der Waals surface area contributed by atoms with Crippen LogP contribution in [-0.2, 0) is 17.8 Å². The Bertz CT molecular complexity index is 733. The van der Waals surface area contributed by atoms with Gasteiger partial charge in [0.05, 0.1) is 13.2 Å². The molecule has 2 amide bonds. The van der Waals surface area contributed by atoms with Crippen LogP contribution in [0, 0.1) is 5.82 Å². The number of morpholine rings is 1. The molecule has 0 aliphatic carbocycles. The Morgan fingerprint density at radius 2 is 1.96 bits per heavy atom. The van der Waals surface area contributed by atoms with Gasteiger partial charge in [-0.1, -0.05) is 12.1 Å². The first-order valence-corrected chi connectivity index (χ1v) is 8.63. The van der Waals surface area contributed by atoms with Gasteiger partial charge in [0, 0.05) is 39.4 Å². The van der Waals surface area contributed by atoms with Crippen LogP contribution in [0.4, 0.5) is 15.0 Å². The lowest BCUT2D eigenvalue weighted by Crippen LogP contribution is -2.37. The molecule has 0 spiro atoms. The van der Waals surface area contributed by atoms with Gasteiger partial charge in [-0.25, -0.2) is 14.2 Å². The number of rotatable bonds is 5. The zero-order chi connectivity index (χ0) is 18.4. The van der Waals surface area contributed by atoms with Crippen LogP contribution in [0.5, 0.6) is 0 Å². The van der Waals surface area contributed by atoms with Crippen LogP contribution in [0.1, 0.15) is 11.1 Å². The number of urea groups is 1. The zero-order valence-corrected chi connectivity index (χ0v) is 14.8. The van der Waals surface area contributed by atoms with Crippen molar-refractivity contribution in [1.29, 1.82) is 0 Å². The first kappa shape index (κ1) is 18.1. The van der Waals surface area contributed by atoms with Gasteiger partial charge in [0.15, 0.2) is 0 Å². The molecule has 3 rings (SSSR count). The van der Waals surface area contributed by atoms with Crippen LogP contribution in [0.3, 0.4) is 0 Å². The number of halogens is 1. The molecule has 1 N–H and O–H groups in total. The highest BCUT2D eigenvalue weighted by Crippen LogP contribution is 2.14. The first-order chi connectivity index (χ1) is 12.6. The van der Waals surface area contributed by atoms with Crippen molar-refractivity contribution >= 4 is 11.8 Å². The van der Waals surface area contributed by atoms with E-state index >= 15 is 0 Å². The van der Waals surface area contributed by atoms with E-state index in [1.54, 1.807) is 30.3 Å². The molecule has 6 nitrogen and oxygen atoms in total. The Morgan fingerprint density at radius 3 is 2.69 bits per heavy atom. The largest absolute Gasteiger partial charge is 0.378 e. The fourth-order valence-electron chi connectivity index (χ4n) is 2.78. The molecule has 1 saturated heterocycles. The number of benzene rings is 1. The molecule has 1 aromatic carbocycles. The predicted octanol–water partition coefficient (Wildman–Crippen LogP) is 2.40. The van der Waals surface area contributed by atoms with Crippen molar-refractivity contribution in [2.45, 2.75) is 13.1 Å². The van der Waals surface area contributed by atoms with Gasteiger partial charge >= 0.3 is 6.03 Å². The van der Waals surface area contributed by atoms with Crippen LogP contribution < -0.4 is 10.2 Å². The second-order valence-corrected chi connectivity index (χ2v) is 6.26. The summed E-state index contributed by atoms with van der Waals surface area (Å²) >= 11 is 0. The van der Waals surface area contributed by atoms with Crippen LogP contribution >= 0.6 is 0 Å². The topological polar surface area (TPSA) is 57.7 Å². The third-order valence-electron chi connectivity index (χ3n) is 4.27. The van der Waals surface area contributed by atoms with Crippen molar-refractivity contribution in [2.75, 3.05) is 38.3 Å². The number of carbonyl (C=O) groups is 1. The first-order valence-electron chi connectivity index (χ1n) is 8.63. The number of pyridine rings is 1. The maximum absolute atomic E-state index is 12.9. The number of carbonyl (C=O) groups excluding carboxylic acids is 1. The molecule has 0 atom stereocenters. The molecule has 2 heterocycles. The minimum Gasteiger partial charge on any atom is -0.378 e. The average Bonchev–Trinajstić information content (AvgIpc) is 2.68. The minimum absolute atomic E-state index is 0.181. The lowest BCUT2D eigenvalue weighted by molar-refractivity contribution is 0.122. The van der Waals surface area contributed by atoms with Crippen LogP contribution in [0.15, 0.2) is 42.6 Å². The summed E-state index contributed by atoms with van der Waals surface area (Å²) in [7, 11) is 1.71. The maximum atomic E-state index is 12.9. The zero-order valence-electron chi connectivity index (χ0n) is 14.8. The summed E-state index contributed by atoms with van der Waals surface area (Å²) in [6, 6.07) is 9.85. The van der Waals surface area contributed by atoms with Gasteiger partial charge in [0.2, 0.25) is 0 Å². The van der Waals surface area contributed by atoms with E-state index in [-0.39, 0.29) is 11.8 Å². The molecule has 7 heteroatoms. The van der Waals surface area contributed by atoms with E-state index in [9.17, 15) is 9.18 Å². The Hall–Kier alpha value is -2.67. The fourth-order valence-corrected chi connectivity index (χ4v) is 2.78. The molecule has 138 valence electrons. The van der Waals surface area contributed by atoms with Gasteiger partial charge in [-0.3, -0.25) is 0 Å². The highest BCUT2D eigenvalue weighted by Gasteiger charge is 2.13. The molecule has 2 aromatic rings. The Labute approximate surface area is 152 Å². The minimum atomic E-state index is -0.283. The van der Waals surface area contributed by atoms with Gasteiger partial charge in [-0.15, -0.1) is 0 Å². The average molecular weight is 358 g/mol. The van der Waals surface area contributed by atoms with E-state index in [0.29, 0.717) is 26.3 Å². The normalized spacial score (nSPS) is 14.2. The number of nitrogens with one attached hydrogen (secondary N) is 1. The summed E-state index contributed by atoms with van der Waals surface area (Å²) in [5.41, 5.74) is 1.87. The van der Waals surface area contributed by atoms with Crippen molar-refractivity contribution in [3.05, 3.63) is 59.5 Å². The van der Waals surface area contributed by atoms with E-state index in [1.165, 1.54) is 12.1 Å². The summed E-state index contributed by atoms with van der Waals surface area (Å²) in [6.07, 6.45) is 1.76. The van der Waals surface area contributed by atoms with E-state index in [0.717, 1.165) is 30.0 Å². The summed E-state index contributed by atoms with van der Waals surface area (Å²) < 4.78 is 18.3. The molecular formula is C19H23FN4O2. The lowest BCUT2D eigenvalue weighted by Gasteiger charge is -2.28. The molecular weight excluding hydrogens is 335 g/mol. The molecule has 0 unspecified atom stereocenters. The number of nitrogens with zero attached hydrogens (tertiary/aromatic N) is 3. The quantitative estimate of drug-likeness (QED) is 0.892. The van der Waals surface area contributed by atoms with E-state index in [1.807, 2.05) is 12.1 Å². The molecule has 0 bridgehead atoms. The summed E-state index contributed by atoms with van der Waals surface area (Å²) in [4.78, 5) is 20.4. The van der Waals surface area contributed by atoms with Crippen molar-refractivity contribution in [3.8, 4) is 0 Å². The van der Waals surface area contributed by atoms with Crippen molar-refractivity contribution in [2.24, 2.45) is 0 Å². The van der Waals surface area contributed by atoms with Gasteiger partial charge in [-0.2, -0.15) is 0 Å². The van der Waals surface area contributed by atoms with Crippen molar-refractivity contribution < 1.29 is 13.9 Å². The van der Waals surface area contributed by atoms with Crippen molar-refractivity contribution in [1.82, 2.24) is 15.2 Å². The predicted molar refractivity (Wildman–Crippen MR) is 97.4 cm³/mol. The van der Waals surface area contributed by atoms with Gasteiger partial charge in [0.1, 0.15) is 11.6 Å². The summed E-state index contributed by atoms with van der Waals surface area (Å²) in [5, 5.41) is 2.90. The third kappa shape index (κ3) is 4.92. The standard InChI is InChI=1S/C19H23FN4O2/c1-23(14-15-2-4-17(20)5-3-15)19(25)22-13-16-6-7-21-18(12-16)24-8-10-26-11-9-24/h2-7,12H,8-11,13-14H2,1H3,(H,22,25). The summed E-state index contributed by atoms with van der Waals surface area (Å²) in [6.45, 7) is 3.90. The SMILES string of the molecule is CN(Cc1ccc(F)cc1)C(=O)NCc1ccnc(N2CCOCC2)c1.